The van der Waals surface area contributed by atoms with Crippen LogP contribution in [0.1, 0.15) is 26.2 Å². The van der Waals surface area contributed by atoms with Crippen molar-refractivity contribution in [1.82, 2.24) is 4.90 Å². The number of hydrogen-bond donors (Lipinski definition) is 2. The lowest BCUT2D eigenvalue weighted by molar-refractivity contribution is -0.136. The molecule has 0 spiro atoms. The molecule has 1 saturated heterocycles. The Morgan fingerprint density at radius 2 is 2.14 bits per heavy atom. The monoisotopic (exact) mass is 198 g/mol. The van der Waals surface area contributed by atoms with Crippen molar-refractivity contribution in [2.24, 2.45) is 11.1 Å². The number of carbonyl (C=O) groups is 1. The van der Waals surface area contributed by atoms with E-state index in [1.807, 2.05) is 6.92 Å². The van der Waals surface area contributed by atoms with Gasteiger partial charge in [-0.1, -0.05) is 6.92 Å². The number of nitrogens with zero attached hydrogens (tertiary/aromatic N) is 1. The predicted molar refractivity (Wildman–Crippen MR) is 52.5 cm³/mol. The van der Waals surface area contributed by atoms with Gasteiger partial charge in [-0.2, -0.15) is 0 Å². The molecule has 2 aliphatic rings. The molecule has 4 nitrogen and oxygen atoms in total. The number of β-amino-alcohol motifs (C(OH)–C–C–N with tert-alkyl or cyclic N) is 1. The summed E-state index contributed by atoms with van der Waals surface area (Å²) in [5.41, 5.74) is 4.51. The van der Waals surface area contributed by atoms with E-state index in [0.29, 0.717) is 19.5 Å². The lowest BCUT2D eigenvalue weighted by Crippen LogP contribution is -2.43. The Morgan fingerprint density at radius 1 is 1.50 bits per heavy atom. The van der Waals surface area contributed by atoms with Gasteiger partial charge < -0.3 is 15.7 Å². The van der Waals surface area contributed by atoms with Crippen LogP contribution < -0.4 is 5.73 Å². The zero-order valence-corrected chi connectivity index (χ0v) is 8.62. The standard InChI is InChI=1S/C10H18N2O2/c1-9(2-3-9)8(13)12-5-4-10(14,6-11)7-12/h14H,2-7,11H2,1H3. The van der Waals surface area contributed by atoms with Crippen LogP contribution in [0.3, 0.4) is 0 Å². The Bertz CT molecular complexity index is 263. The lowest BCUT2D eigenvalue weighted by atomic mass is 10.0. The largest absolute Gasteiger partial charge is 0.387 e. The van der Waals surface area contributed by atoms with E-state index in [2.05, 4.69) is 0 Å². The third-order valence-electron chi connectivity index (χ3n) is 3.52. The van der Waals surface area contributed by atoms with E-state index in [1.165, 1.54) is 0 Å². The van der Waals surface area contributed by atoms with Crippen molar-refractivity contribution in [3.05, 3.63) is 0 Å². The molecular weight excluding hydrogens is 180 g/mol. The van der Waals surface area contributed by atoms with Crippen molar-refractivity contribution in [2.75, 3.05) is 19.6 Å². The summed E-state index contributed by atoms with van der Waals surface area (Å²) in [6.07, 6.45) is 2.60. The first-order valence-electron chi connectivity index (χ1n) is 5.21. The molecule has 1 atom stereocenters. The van der Waals surface area contributed by atoms with Gasteiger partial charge in [0.25, 0.3) is 0 Å². The van der Waals surface area contributed by atoms with Gasteiger partial charge >= 0.3 is 0 Å². The van der Waals surface area contributed by atoms with Crippen LogP contribution in [0.5, 0.6) is 0 Å². The second-order valence-electron chi connectivity index (χ2n) is 4.97. The number of nitrogens with two attached hydrogens (primary N) is 1. The van der Waals surface area contributed by atoms with E-state index in [-0.39, 0.29) is 17.9 Å². The van der Waals surface area contributed by atoms with Crippen molar-refractivity contribution in [2.45, 2.75) is 31.8 Å². The Balaban J connectivity index is 1.99. The lowest BCUT2D eigenvalue weighted by Gasteiger charge is -2.23. The highest BCUT2D eigenvalue weighted by molar-refractivity contribution is 5.85. The van der Waals surface area contributed by atoms with E-state index in [9.17, 15) is 9.90 Å². The second-order valence-corrected chi connectivity index (χ2v) is 4.97. The van der Waals surface area contributed by atoms with Gasteiger partial charge in [-0.05, 0) is 19.3 Å². The zero-order valence-electron chi connectivity index (χ0n) is 8.62. The van der Waals surface area contributed by atoms with E-state index in [1.54, 1.807) is 4.90 Å². The van der Waals surface area contributed by atoms with Crippen molar-refractivity contribution in [3.63, 3.8) is 0 Å². The molecule has 80 valence electrons. The Kier molecular flexibility index (Phi) is 2.08. The molecule has 2 rings (SSSR count). The average molecular weight is 198 g/mol. The molecule has 1 aliphatic heterocycles. The highest BCUT2D eigenvalue weighted by atomic mass is 16.3. The third kappa shape index (κ3) is 1.53. The molecule has 1 saturated carbocycles. The number of aliphatic hydroxyl groups is 1. The fraction of sp³-hybridized carbons (Fsp3) is 0.900. The molecule has 0 radical (unpaired) electrons. The smallest absolute Gasteiger partial charge is 0.228 e. The van der Waals surface area contributed by atoms with Gasteiger partial charge in [0.1, 0.15) is 0 Å². The maximum atomic E-state index is 11.9. The van der Waals surface area contributed by atoms with Crippen molar-refractivity contribution < 1.29 is 9.90 Å². The normalized spacial score (nSPS) is 34.6. The number of amides is 1. The summed E-state index contributed by atoms with van der Waals surface area (Å²) in [6, 6.07) is 0. The Morgan fingerprint density at radius 3 is 2.57 bits per heavy atom. The van der Waals surface area contributed by atoms with Crippen molar-refractivity contribution >= 4 is 5.91 Å². The molecule has 3 N–H and O–H groups in total. The first-order valence-corrected chi connectivity index (χ1v) is 5.21. The molecule has 0 aromatic rings. The summed E-state index contributed by atoms with van der Waals surface area (Å²) >= 11 is 0. The van der Waals surface area contributed by atoms with Crippen LogP contribution in [0.2, 0.25) is 0 Å². The highest BCUT2D eigenvalue weighted by Gasteiger charge is 2.49. The minimum atomic E-state index is -0.832. The molecule has 0 aromatic heterocycles. The minimum absolute atomic E-state index is 0.125. The summed E-state index contributed by atoms with van der Waals surface area (Å²) in [6.45, 7) is 3.31. The number of hydrogen-bond acceptors (Lipinski definition) is 3. The van der Waals surface area contributed by atoms with Gasteiger partial charge in [0.05, 0.1) is 12.1 Å². The summed E-state index contributed by atoms with van der Waals surface area (Å²) in [5.74, 6) is 0.196. The summed E-state index contributed by atoms with van der Waals surface area (Å²) in [5, 5.41) is 9.89. The van der Waals surface area contributed by atoms with Crippen LogP contribution in [-0.4, -0.2) is 41.1 Å². The fourth-order valence-corrected chi connectivity index (χ4v) is 1.98. The fourth-order valence-electron chi connectivity index (χ4n) is 1.98. The highest BCUT2D eigenvalue weighted by Crippen LogP contribution is 2.47. The summed E-state index contributed by atoms with van der Waals surface area (Å²) in [7, 11) is 0. The van der Waals surface area contributed by atoms with Crippen LogP contribution in [0, 0.1) is 5.41 Å². The predicted octanol–water partition coefficient (Wildman–Crippen LogP) is -0.291. The third-order valence-corrected chi connectivity index (χ3v) is 3.52. The maximum Gasteiger partial charge on any atom is 0.228 e. The van der Waals surface area contributed by atoms with Gasteiger partial charge in [0.15, 0.2) is 0 Å². The van der Waals surface area contributed by atoms with Crippen LogP contribution in [-0.2, 0) is 4.79 Å². The summed E-state index contributed by atoms with van der Waals surface area (Å²) in [4.78, 5) is 13.7. The van der Waals surface area contributed by atoms with Crippen LogP contribution in [0.15, 0.2) is 0 Å². The minimum Gasteiger partial charge on any atom is -0.387 e. The quantitative estimate of drug-likeness (QED) is 0.640. The van der Waals surface area contributed by atoms with Crippen molar-refractivity contribution in [3.8, 4) is 0 Å². The van der Waals surface area contributed by atoms with Gasteiger partial charge in [-0.15, -0.1) is 0 Å². The molecule has 0 aromatic carbocycles. The molecule has 1 heterocycles. The van der Waals surface area contributed by atoms with E-state index in [0.717, 1.165) is 12.8 Å². The average Bonchev–Trinajstić information content (AvgIpc) is 2.79. The Hall–Kier alpha value is -0.610. The van der Waals surface area contributed by atoms with E-state index in [4.69, 9.17) is 5.73 Å². The number of carbonyl (C=O) groups excluding carboxylic acids is 1. The molecule has 4 heteroatoms. The Labute approximate surface area is 84.1 Å². The molecule has 2 fully saturated rings. The van der Waals surface area contributed by atoms with Gasteiger partial charge in [-0.3, -0.25) is 4.79 Å². The molecule has 1 aliphatic carbocycles. The topological polar surface area (TPSA) is 66.6 Å². The first-order chi connectivity index (χ1) is 6.49. The number of likely N-dealkylation sites (tertiary alicyclic amines) is 1. The van der Waals surface area contributed by atoms with Crippen LogP contribution in [0.25, 0.3) is 0 Å². The molecule has 1 amide bonds. The van der Waals surface area contributed by atoms with E-state index >= 15 is 0 Å². The molecule has 1 unspecified atom stereocenters. The van der Waals surface area contributed by atoms with Gasteiger partial charge in [0, 0.05) is 18.5 Å². The number of rotatable bonds is 2. The molecular formula is C10H18N2O2. The first kappa shape index (κ1) is 9.93. The van der Waals surface area contributed by atoms with Gasteiger partial charge in [0.2, 0.25) is 5.91 Å². The molecule has 0 bridgehead atoms. The van der Waals surface area contributed by atoms with Gasteiger partial charge in [-0.25, -0.2) is 0 Å². The molecule has 14 heavy (non-hydrogen) atoms. The van der Waals surface area contributed by atoms with Crippen molar-refractivity contribution in [1.29, 1.82) is 0 Å². The van der Waals surface area contributed by atoms with E-state index < -0.39 is 5.60 Å². The summed E-state index contributed by atoms with van der Waals surface area (Å²) < 4.78 is 0. The second kappa shape index (κ2) is 2.94. The SMILES string of the molecule is CC1(C(=O)N2CCC(O)(CN)C2)CC1. The zero-order chi connectivity index (χ0) is 10.4. The van der Waals surface area contributed by atoms with Crippen LogP contribution in [0.4, 0.5) is 0 Å². The maximum absolute atomic E-state index is 11.9. The van der Waals surface area contributed by atoms with Crippen LogP contribution >= 0.6 is 0 Å².